The topological polar surface area (TPSA) is 35.5 Å². The van der Waals surface area contributed by atoms with Crippen LogP contribution < -0.4 is 15.9 Å². The van der Waals surface area contributed by atoms with E-state index in [1.54, 1.807) is 0 Å². The van der Waals surface area contributed by atoms with Gasteiger partial charge in [0.15, 0.2) is 0 Å². The van der Waals surface area contributed by atoms with Crippen molar-refractivity contribution in [1.82, 2.24) is 0 Å². The van der Waals surface area contributed by atoms with Crippen molar-refractivity contribution in [2.75, 3.05) is 13.2 Å². The molecule has 0 aromatic heterocycles. The van der Waals surface area contributed by atoms with Gasteiger partial charge in [0.2, 0.25) is 0 Å². The minimum absolute atomic E-state index is 0.106. The molecule has 4 rings (SSSR count). The number of esters is 1. The first-order valence-corrected chi connectivity index (χ1v) is 14.9. The van der Waals surface area contributed by atoms with E-state index >= 15 is 0 Å². The number of hydrogen-bond donors (Lipinski definition) is 0. The molecule has 4 heteroatoms. The Morgan fingerprint density at radius 3 is 1.74 bits per heavy atom. The number of carbonyl (C=O) groups excluding carboxylic acids is 1. The Labute approximate surface area is 204 Å². The minimum atomic E-state index is -3.67. The zero-order valence-corrected chi connectivity index (χ0v) is 21.3. The molecule has 0 N–H and O–H groups in total. The van der Waals surface area contributed by atoms with E-state index in [4.69, 9.17) is 9.26 Å². The molecule has 0 saturated carbocycles. The zero-order valence-electron chi connectivity index (χ0n) is 20.4. The summed E-state index contributed by atoms with van der Waals surface area (Å²) in [5.74, 6) is -0.0242. The van der Waals surface area contributed by atoms with Crippen LogP contribution in [0.1, 0.15) is 46.0 Å². The molecule has 3 aromatic carbocycles. The Hall–Kier alpha value is -2.48. The molecular formula is C30H37O3P. The van der Waals surface area contributed by atoms with E-state index < -0.39 is 6.83 Å². The third kappa shape index (κ3) is 4.00. The maximum atomic E-state index is 14.0. The van der Waals surface area contributed by atoms with Gasteiger partial charge in [0.05, 0.1) is 0 Å². The van der Waals surface area contributed by atoms with Gasteiger partial charge in [-0.3, -0.25) is 0 Å². The zero-order chi connectivity index (χ0) is 23.9. The SMILES string of the molecule is CCCCCCC1COP(c2ccccc2)(c2ccccc2)(c2ccccc2)C1C(=O)OCC. The molecular weight excluding hydrogens is 439 g/mol. The van der Waals surface area contributed by atoms with Crippen molar-refractivity contribution >= 4 is 28.7 Å². The monoisotopic (exact) mass is 476 g/mol. The average Bonchev–Trinajstić information content (AvgIpc) is 3.26. The fourth-order valence-corrected chi connectivity index (χ4v) is 12.6. The second-order valence-corrected chi connectivity index (χ2v) is 13.8. The Morgan fingerprint density at radius 1 is 0.794 bits per heavy atom. The molecule has 1 heterocycles. The average molecular weight is 477 g/mol. The van der Waals surface area contributed by atoms with E-state index in [0.29, 0.717) is 13.2 Å². The summed E-state index contributed by atoms with van der Waals surface area (Å²) in [4.78, 5) is 14.0. The number of ether oxygens (including phenoxy) is 1. The number of hydrogen-bond acceptors (Lipinski definition) is 3. The van der Waals surface area contributed by atoms with Crippen LogP contribution in [0.3, 0.4) is 0 Å². The summed E-state index contributed by atoms with van der Waals surface area (Å²) < 4.78 is 13.1. The molecule has 2 atom stereocenters. The molecule has 0 spiro atoms. The summed E-state index contributed by atoms with van der Waals surface area (Å²) in [6.45, 7) is 1.37. The number of benzene rings is 3. The molecule has 0 amide bonds. The molecule has 1 aliphatic heterocycles. The fourth-order valence-electron chi connectivity index (χ4n) is 5.84. The van der Waals surface area contributed by atoms with Crippen LogP contribution in [-0.2, 0) is 14.1 Å². The summed E-state index contributed by atoms with van der Waals surface area (Å²) in [5.41, 5.74) is -0.375. The Balaban J connectivity index is 2.02. The quantitative estimate of drug-likeness (QED) is 0.205. The second kappa shape index (κ2) is 10.8. The molecule has 3 aromatic rings. The van der Waals surface area contributed by atoms with Gasteiger partial charge in [-0.05, 0) is 0 Å². The van der Waals surface area contributed by atoms with E-state index in [0.717, 1.165) is 28.8 Å². The molecule has 0 aliphatic carbocycles. The van der Waals surface area contributed by atoms with Crippen molar-refractivity contribution in [1.29, 1.82) is 0 Å². The van der Waals surface area contributed by atoms with Gasteiger partial charge in [-0.1, -0.05) is 0 Å². The molecule has 1 fully saturated rings. The Kier molecular flexibility index (Phi) is 7.86. The molecule has 2 unspecified atom stereocenters. The van der Waals surface area contributed by atoms with E-state index in [9.17, 15) is 4.79 Å². The fraction of sp³-hybridized carbons (Fsp3) is 0.367. The van der Waals surface area contributed by atoms with Crippen molar-refractivity contribution in [3.8, 4) is 0 Å². The second-order valence-electron chi connectivity index (χ2n) is 9.21. The first kappa shape index (κ1) is 24.6. The van der Waals surface area contributed by atoms with Crippen LogP contribution in [0.4, 0.5) is 0 Å². The van der Waals surface area contributed by atoms with Crippen molar-refractivity contribution in [2.24, 2.45) is 5.92 Å². The van der Waals surface area contributed by atoms with Gasteiger partial charge in [-0.2, -0.15) is 0 Å². The summed E-state index contributed by atoms with van der Waals surface area (Å²) >= 11 is 0. The Morgan fingerprint density at radius 2 is 1.29 bits per heavy atom. The van der Waals surface area contributed by atoms with Gasteiger partial charge < -0.3 is 0 Å². The van der Waals surface area contributed by atoms with Crippen molar-refractivity contribution in [3.63, 3.8) is 0 Å². The first-order valence-electron chi connectivity index (χ1n) is 12.7. The van der Waals surface area contributed by atoms with Crippen LogP contribution in [0.25, 0.3) is 0 Å². The van der Waals surface area contributed by atoms with Crippen molar-refractivity contribution in [3.05, 3.63) is 91.0 Å². The van der Waals surface area contributed by atoms with Gasteiger partial charge in [0, 0.05) is 0 Å². The maximum absolute atomic E-state index is 14.0. The van der Waals surface area contributed by atoms with Gasteiger partial charge in [0.25, 0.3) is 0 Å². The first-order chi connectivity index (χ1) is 16.7. The number of unbranched alkanes of at least 4 members (excludes halogenated alkanes) is 3. The van der Waals surface area contributed by atoms with Crippen molar-refractivity contribution in [2.45, 2.75) is 51.6 Å². The third-order valence-electron chi connectivity index (χ3n) is 7.30. The standard InChI is InChI=1S/C30H37O3P/c1-3-5-6-10-17-25-24-33-34(26-18-11-7-12-19-26,27-20-13-8-14-21-27,28-22-15-9-16-23-28)29(25)30(31)32-4-2/h7-9,11-16,18-23,25,29H,3-6,10,17,24H2,1-2H3. The van der Waals surface area contributed by atoms with Gasteiger partial charge in [0.1, 0.15) is 0 Å². The van der Waals surface area contributed by atoms with Crippen LogP contribution in [-0.4, -0.2) is 24.8 Å². The van der Waals surface area contributed by atoms with Crippen LogP contribution in [0.15, 0.2) is 91.0 Å². The van der Waals surface area contributed by atoms with E-state index in [-0.39, 0.29) is 17.5 Å². The molecule has 0 radical (unpaired) electrons. The van der Waals surface area contributed by atoms with Gasteiger partial charge in [-0.25, -0.2) is 0 Å². The number of rotatable bonds is 10. The molecule has 180 valence electrons. The normalized spacial score (nSPS) is 21.9. The van der Waals surface area contributed by atoms with Crippen molar-refractivity contribution < 1.29 is 14.1 Å². The molecule has 1 saturated heterocycles. The van der Waals surface area contributed by atoms with Crippen LogP contribution in [0.2, 0.25) is 0 Å². The molecule has 0 bridgehead atoms. The van der Waals surface area contributed by atoms with E-state index in [1.165, 1.54) is 19.3 Å². The molecule has 1 aliphatic rings. The molecule has 34 heavy (non-hydrogen) atoms. The summed E-state index contributed by atoms with van der Waals surface area (Å²) in [7, 11) is 0. The van der Waals surface area contributed by atoms with Gasteiger partial charge in [-0.15, -0.1) is 0 Å². The third-order valence-corrected chi connectivity index (χ3v) is 13.6. The van der Waals surface area contributed by atoms with E-state index in [2.05, 4.69) is 79.7 Å². The van der Waals surface area contributed by atoms with Crippen LogP contribution >= 0.6 is 6.83 Å². The predicted molar refractivity (Wildman–Crippen MR) is 144 cm³/mol. The van der Waals surface area contributed by atoms with Gasteiger partial charge >= 0.3 is 205 Å². The van der Waals surface area contributed by atoms with Crippen LogP contribution in [0.5, 0.6) is 0 Å². The number of carbonyl (C=O) groups is 1. The molecule has 3 nitrogen and oxygen atoms in total. The Bertz CT molecular complexity index is 953. The predicted octanol–water partition coefficient (Wildman–Crippen LogP) is 5.98. The summed E-state index contributed by atoms with van der Waals surface area (Å²) in [6, 6.07) is 31.4. The summed E-state index contributed by atoms with van der Waals surface area (Å²) in [6.07, 6.45) is 5.66. The van der Waals surface area contributed by atoms with E-state index in [1.807, 2.05) is 25.1 Å². The van der Waals surface area contributed by atoms with Crippen LogP contribution in [0, 0.1) is 5.92 Å². The summed E-state index contributed by atoms with van der Waals surface area (Å²) in [5, 5.41) is 3.29.